The second-order valence-electron chi connectivity index (χ2n) is 8.79. The fourth-order valence-corrected chi connectivity index (χ4v) is 4.46. The van der Waals surface area contributed by atoms with Crippen molar-refractivity contribution in [2.75, 3.05) is 31.0 Å². The first kappa shape index (κ1) is 23.9. The van der Waals surface area contributed by atoms with Crippen LogP contribution in [-0.4, -0.2) is 33.2 Å². The number of anilines is 2. The van der Waals surface area contributed by atoms with Crippen LogP contribution in [0.1, 0.15) is 36.6 Å². The Balaban J connectivity index is 1.93. The third-order valence-electron chi connectivity index (χ3n) is 5.85. The predicted octanol–water partition coefficient (Wildman–Crippen LogP) is 6.02. The molecule has 1 amide bonds. The van der Waals surface area contributed by atoms with Crippen LogP contribution < -0.4 is 19.3 Å². The number of carbonyl (C=O) groups excluding carboxylic acids is 1. The first-order valence-electron chi connectivity index (χ1n) is 11.1. The number of benzene rings is 3. The summed E-state index contributed by atoms with van der Waals surface area (Å²) >= 11 is 6.05. The van der Waals surface area contributed by atoms with E-state index in [1.807, 2.05) is 69.2 Å². The Kier molecular flexibility index (Phi) is 6.71. The SMILES string of the molecule is COc1cc2c(cc1OC(C)C)C(c1ccc(Cl)cc1F)N(c1ccc(N(C)C)cc1)C(=O)C2. The van der Waals surface area contributed by atoms with E-state index in [9.17, 15) is 4.79 Å². The molecular formula is C27H28ClFN2O3. The lowest BCUT2D eigenvalue weighted by atomic mass is 9.86. The highest BCUT2D eigenvalue weighted by molar-refractivity contribution is 6.30. The maximum atomic E-state index is 15.3. The molecule has 1 aliphatic rings. The van der Waals surface area contributed by atoms with Gasteiger partial charge in [0.25, 0.3) is 0 Å². The van der Waals surface area contributed by atoms with Crippen molar-refractivity contribution >= 4 is 28.9 Å². The third-order valence-corrected chi connectivity index (χ3v) is 6.09. The largest absolute Gasteiger partial charge is 0.493 e. The lowest BCUT2D eigenvalue weighted by Gasteiger charge is -2.38. The van der Waals surface area contributed by atoms with Crippen LogP contribution in [0, 0.1) is 5.82 Å². The van der Waals surface area contributed by atoms with Crippen molar-refractivity contribution in [3.05, 3.63) is 82.1 Å². The highest BCUT2D eigenvalue weighted by atomic mass is 35.5. The average Bonchev–Trinajstić information content (AvgIpc) is 2.78. The van der Waals surface area contributed by atoms with Crippen LogP contribution >= 0.6 is 11.6 Å². The van der Waals surface area contributed by atoms with E-state index in [-0.39, 0.29) is 18.4 Å². The van der Waals surface area contributed by atoms with Crippen LogP contribution in [0.25, 0.3) is 0 Å². The number of nitrogens with zero attached hydrogens (tertiary/aromatic N) is 2. The number of rotatable bonds is 6. The van der Waals surface area contributed by atoms with E-state index in [0.29, 0.717) is 27.8 Å². The van der Waals surface area contributed by atoms with Crippen LogP contribution in [-0.2, 0) is 11.2 Å². The van der Waals surface area contributed by atoms with Gasteiger partial charge in [-0.25, -0.2) is 4.39 Å². The third kappa shape index (κ3) is 4.55. The minimum absolute atomic E-state index is 0.0856. The van der Waals surface area contributed by atoms with Crippen LogP contribution in [0.2, 0.25) is 5.02 Å². The number of fused-ring (bicyclic) bond motifs is 1. The van der Waals surface area contributed by atoms with Gasteiger partial charge in [-0.2, -0.15) is 0 Å². The maximum absolute atomic E-state index is 15.3. The Morgan fingerprint density at radius 1 is 1.03 bits per heavy atom. The normalized spacial score (nSPS) is 15.4. The zero-order valence-corrected chi connectivity index (χ0v) is 20.7. The summed E-state index contributed by atoms with van der Waals surface area (Å²) in [7, 11) is 5.47. The molecule has 1 aliphatic heterocycles. The molecule has 178 valence electrons. The van der Waals surface area contributed by atoms with Gasteiger partial charge in [-0.15, -0.1) is 0 Å². The molecule has 3 aromatic carbocycles. The highest BCUT2D eigenvalue weighted by Crippen LogP contribution is 2.44. The van der Waals surface area contributed by atoms with E-state index < -0.39 is 11.9 Å². The van der Waals surface area contributed by atoms with Gasteiger partial charge in [-0.05, 0) is 73.5 Å². The lowest BCUT2D eigenvalue weighted by Crippen LogP contribution is -2.41. The van der Waals surface area contributed by atoms with Gasteiger partial charge >= 0.3 is 0 Å². The van der Waals surface area contributed by atoms with Crippen LogP contribution in [0.4, 0.5) is 15.8 Å². The molecule has 1 heterocycles. The quantitative estimate of drug-likeness (QED) is 0.431. The fourth-order valence-electron chi connectivity index (χ4n) is 4.30. The molecule has 1 unspecified atom stereocenters. The number of carbonyl (C=O) groups is 1. The molecule has 0 saturated carbocycles. The summed E-state index contributed by atoms with van der Waals surface area (Å²) in [6.45, 7) is 3.86. The molecule has 1 atom stereocenters. The molecule has 3 aromatic rings. The van der Waals surface area contributed by atoms with Crippen LogP contribution in [0.3, 0.4) is 0 Å². The van der Waals surface area contributed by atoms with Crippen molar-refractivity contribution in [2.24, 2.45) is 0 Å². The molecule has 0 aliphatic carbocycles. The highest BCUT2D eigenvalue weighted by Gasteiger charge is 2.37. The molecule has 0 N–H and O–H groups in total. The first-order valence-corrected chi connectivity index (χ1v) is 11.5. The summed E-state index contributed by atoms with van der Waals surface area (Å²) < 4.78 is 26.8. The second kappa shape index (κ2) is 9.55. The smallest absolute Gasteiger partial charge is 0.232 e. The van der Waals surface area contributed by atoms with Gasteiger partial charge in [0.2, 0.25) is 5.91 Å². The van der Waals surface area contributed by atoms with Crippen molar-refractivity contribution < 1.29 is 18.7 Å². The molecule has 0 aromatic heterocycles. The predicted molar refractivity (Wildman–Crippen MR) is 134 cm³/mol. The Morgan fingerprint density at radius 2 is 1.74 bits per heavy atom. The molecule has 0 saturated heterocycles. The van der Waals surface area contributed by atoms with Gasteiger partial charge in [0.15, 0.2) is 11.5 Å². The van der Waals surface area contributed by atoms with Gasteiger partial charge in [0.1, 0.15) is 5.82 Å². The minimum atomic E-state index is -0.695. The Bertz CT molecular complexity index is 1210. The fraction of sp³-hybridized carbons (Fsp3) is 0.296. The van der Waals surface area contributed by atoms with E-state index in [2.05, 4.69) is 0 Å². The van der Waals surface area contributed by atoms with E-state index in [4.69, 9.17) is 21.1 Å². The van der Waals surface area contributed by atoms with E-state index in [1.54, 1.807) is 24.1 Å². The van der Waals surface area contributed by atoms with E-state index in [0.717, 1.165) is 16.8 Å². The Morgan fingerprint density at radius 3 is 2.32 bits per heavy atom. The van der Waals surface area contributed by atoms with Gasteiger partial charge in [-0.1, -0.05) is 17.7 Å². The molecule has 7 heteroatoms. The average molecular weight is 483 g/mol. The van der Waals surface area contributed by atoms with Crippen molar-refractivity contribution in [2.45, 2.75) is 32.4 Å². The summed E-state index contributed by atoms with van der Waals surface area (Å²) in [5.41, 5.74) is 3.60. The molecule has 5 nitrogen and oxygen atoms in total. The van der Waals surface area contributed by atoms with Gasteiger partial charge < -0.3 is 19.3 Å². The zero-order valence-electron chi connectivity index (χ0n) is 19.9. The summed E-state index contributed by atoms with van der Waals surface area (Å²) in [5, 5.41) is 0.295. The van der Waals surface area contributed by atoms with E-state index >= 15 is 4.39 Å². The van der Waals surface area contributed by atoms with Gasteiger partial charge in [0, 0.05) is 36.1 Å². The topological polar surface area (TPSA) is 42.0 Å². The van der Waals surface area contributed by atoms with Crippen molar-refractivity contribution in [3.8, 4) is 11.5 Å². The molecule has 0 fully saturated rings. The Hall–Kier alpha value is -3.25. The zero-order chi connectivity index (χ0) is 24.6. The van der Waals surface area contributed by atoms with Crippen molar-refractivity contribution in [1.82, 2.24) is 0 Å². The maximum Gasteiger partial charge on any atom is 0.232 e. The molecule has 0 spiro atoms. The summed E-state index contributed by atoms with van der Waals surface area (Å²) in [6, 6.07) is 15.2. The molecule has 0 bridgehead atoms. The number of amides is 1. The van der Waals surface area contributed by atoms with Crippen LogP contribution in [0.15, 0.2) is 54.6 Å². The number of hydrogen-bond acceptors (Lipinski definition) is 4. The number of halogens is 2. The van der Waals surface area contributed by atoms with Gasteiger partial charge in [0.05, 0.1) is 25.7 Å². The Labute approximate surface area is 204 Å². The molecular weight excluding hydrogens is 455 g/mol. The number of ether oxygens (including phenoxy) is 2. The number of methoxy groups -OCH3 is 1. The second-order valence-corrected chi connectivity index (χ2v) is 9.22. The summed E-state index contributed by atoms with van der Waals surface area (Å²) in [5.74, 6) is 0.478. The van der Waals surface area contributed by atoms with Crippen molar-refractivity contribution in [3.63, 3.8) is 0 Å². The molecule has 4 rings (SSSR count). The van der Waals surface area contributed by atoms with E-state index in [1.165, 1.54) is 6.07 Å². The van der Waals surface area contributed by atoms with Gasteiger partial charge in [-0.3, -0.25) is 4.79 Å². The monoisotopic (exact) mass is 482 g/mol. The molecule has 34 heavy (non-hydrogen) atoms. The lowest BCUT2D eigenvalue weighted by molar-refractivity contribution is -0.118. The van der Waals surface area contributed by atoms with Crippen LogP contribution in [0.5, 0.6) is 11.5 Å². The summed E-state index contributed by atoms with van der Waals surface area (Å²) in [4.78, 5) is 17.1. The number of hydrogen-bond donors (Lipinski definition) is 0. The minimum Gasteiger partial charge on any atom is -0.493 e. The first-order chi connectivity index (χ1) is 16.2. The summed E-state index contributed by atoms with van der Waals surface area (Å²) in [6.07, 6.45) is 0.0759. The van der Waals surface area contributed by atoms with Crippen molar-refractivity contribution in [1.29, 1.82) is 0 Å². The molecule has 0 radical (unpaired) electrons. The standard InChI is InChI=1S/C27H28ClFN2O3/c1-16(2)34-25-15-22-17(12-24(25)33-5)13-26(32)31(20-9-7-19(8-10-20)30(3)4)27(22)21-11-6-18(28)14-23(21)29/h6-12,14-16,27H,13H2,1-5H3.